The number of aliphatic carboxylic acids is 1. The van der Waals surface area contributed by atoms with E-state index in [1.54, 1.807) is 16.7 Å². The first-order valence-electron chi connectivity index (χ1n) is 5.73. The Hall–Kier alpha value is -0.710. The summed E-state index contributed by atoms with van der Waals surface area (Å²) in [5.74, 6) is 1.09. The molecule has 1 N–H and O–H groups in total. The van der Waals surface area contributed by atoms with Gasteiger partial charge < -0.3 is 10.0 Å². The van der Waals surface area contributed by atoms with Gasteiger partial charge in [-0.1, -0.05) is 6.92 Å². The van der Waals surface area contributed by atoms with Gasteiger partial charge in [0.25, 0.3) is 0 Å². The predicted octanol–water partition coefficient (Wildman–Crippen LogP) is 1.45. The number of amides is 1. The number of thioether (sulfide) groups is 1. The van der Waals surface area contributed by atoms with Crippen molar-refractivity contribution in [3.63, 3.8) is 0 Å². The van der Waals surface area contributed by atoms with Gasteiger partial charge in [-0.3, -0.25) is 9.59 Å². The highest BCUT2D eigenvalue weighted by Crippen LogP contribution is 2.18. The molecule has 1 aliphatic heterocycles. The first kappa shape index (κ1) is 13.4. The lowest BCUT2D eigenvalue weighted by Crippen LogP contribution is -2.40. The average Bonchev–Trinajstić information content (AvgIpc) is 2.29. The fourth-order valence-electron chi connectivity index (χ4n) is 1.84. The van der Waals surface area contributed by atoms with Crippen LogP contribution in [0.25, 0.3) is 0 Å². The molecular formula is C11H19NO3S. The summed E-state index contributed by atoms with van der Waals surface area (Å²) in [4.78, 5) is 24.3. The van der Waals surface area contributed by atoms with Crippen molar-refractivity contribution in [1.29, 1.82) is 0 Å². The summed E-state index contributed by atoms with van der Waals surface area (Å²) in [7, 11) is 0. The lowest BCUT2D eigenvalue weighted by Gasteiger charge is -2.30. The summed E-state index contributed by atoms with van der Waals surface area (Å²) in [6.07, 6.45) is 1.78. The van der Waals surface area contributed by atoms with E-state index in [0.717, 1.165) is 11.5 Å². The van der Waals surface area contributed by atoms with Crippen molar-refractivity contribution in [2.45, 2.75) is 26.2 Å². The molecule has 1 fully saturated rings. The van der Waals surface area contributed by atoms with E-state index < -0.39 is 5.97 Å². The van der Waals surface area contributed by atoms with Crippen LogP contribution in [0.2, 0.25) is 0 Å². The van der Waals surface area contributed by atoms with E-state index in [2.05, 4.69) is 6.92 Å². The maximum Gasteiger partial charge on any atom is 0.306 e. The zero-order valence-electron chi connectivity index (χ0n) is 9.65. The quantitative estimate of drug-likeness (QED) is 0.745. The van der Waals surface area contributed by atoms with Crippen LogP contribution in [-0.4, -0.2) is 46.5 Å². The third kappa shape index (κ3) is 4.04. The summed E-state index contributed by atoms with van der Waals surface area (Å²) in [6, 6.07) is 0. The van der Waals surface area contributed by atoms with E-state index in [-0.39, 0.29) is 11.8 Å². The van der Waals surface area contributed by atoms with Crippen molar-refractivity contribution in [3.8, 4) is 0 Å². The van der Waals surface area contributed by atoms with Gasteiger partial charge in [-0.15, -0.1) is 0 Å². The molecule has 0 saturated carbocycles. The molecule has 0 aromatic heterocycles. The maximum absolute atomic E-state index is 11.7. The Morgan fingerprint density at radius 1 is 1.38 bits per heavy atom. The number of nitrogens with zero attached hydrogens (tertiary/aromatic N) is 1. The minimum atomic E-state index is -0.728. The molecule has 92 valence electrons. The van der Waals surface area contributed by atoms with Gasteiger partial charge in [0, 0.05) is 25.3 Å². The second-order valence-corrected chi connectivity index (χ2v) is 5.33. The lowest BCUT2D eigenvalue weighted by molar-refractivity contribution is -0.145. The Morgan fingerprint density at radius 2 is 2.00 bits per heavy atom. The molecule has 4 nitrogen and oxygen atoms in total. The summed E-state index contributed by atoms with van der Waals surface area (Å²) in [6.45, 7) is 3.28. The van der Waals surface area contributed by atoms with Crippen LogP contribution >= 0.6 is 11.8 Å². The van der Waals surface area contributed by atoms with E-state index >= 15 is 0 Å². The molecule has 0 atom stereocenters. The number of carbonyl (C=O) groups excluding carboxylic acids is 1. The van der Waals surface area contributed by atoms with Gasteiger partial charge >= 0.3 is 5.97 Å². The zero-order chi connectivity index (χ0) is 12.0. The molecule has 0 aromatic carbocycles. The topological polar surface area (TPSA) is 57.6 Å². The molecular weight excluding hydrogens is 226 g/mol. The smallest absolute Gasteiger partial charge is 0.306 e. The van der Waals surface area contributed by atoms with Crippen molar-refractivity contribution < 1.29 is 14.7 Å². The van der Waals surface area contributed by atoms with Gasteiger partial charge in [0.2, 0.25) is 5.91 Å². The van der Waals surface area contributed by atoms with Gasteiger partial charge in [-0.2, -0.15) is 11.8 Å². The van der Waals surface area contributed by atoms with Gasteiger partial charge in [0.1, 0.15) is 0 Å². The molecule has 0 aromatic rings. The van der Waals surface area contributed by atoms with Gasteiger partial charge in [-0.25, -0.2) is 0 Å². The van der Waals surface area contributed by atoms with Crippen molar-refractivity contribution in [2.24, 2.45) is 5.92 Å². The first-order valence-corrected chi connectivity index (χ1v) is 6.89. The van der Waals surface area contributed by atoms with E-state index in [1.807, 2.05) is 0 Å². The number of hydrogen-bond acceptors (Lipinski definition) is 3. The van der Waals surface area contributed by atoms with Crippen molar-refractivity contribution in [1.82, 2.24) is 4.90 Å². The van der Waals surface area contributed by atoms with E-state index in [0.29, 0.717) is 32.4 Å². The molecule has 5 heteroatoms. The molecule has 1 amide bonds. The highest BCUT2D eigenvalue weighted by Gasteiger charge is 2.26. The SMILES string of the molecule is CCSCCC(=O)N1CCC(C(=O)O)CC1. The second kappa shape index (κ2) is 6.78. The molecule has 0 aliphatic carbocycles. The minimum absolute atomic E-state index is 0.171. The van der Waals surface area contributed by atoms with Crippen LogP contribution in [0.1, 0.15) is 26.2 Å². The number of carboxylic acid groups (broad SMARTS) is 1. The van der Waals surface area contributed by atoms with Crippen molar-refractivity contribution in [3.05, 3.63) is 0 Å². The number of piperidine rings is 1. The lowest BCUT2D eigenvalue weighted by atomic mass is 9.97. The first-order chi connectivity index (χ1) is 7.65. The third-order valence-electron chi connectivity index (χ3n) is 2.86. The van der Waals surface area contributed by atoms with E-state index in [4.69, 9.17) is 5.11 Å². The summed E-state index contributed by atoms with van der Waals surface area (Å²) in [5.41, 5.74) is 0. The Morgan fingerprint density at radius 3 is 2.50 bits per heavy atom. The summed E-state index contributed by atoms with van der Waals surface area (Å²) in [5, 5.41) is 8.83. The maximum atomic E-state index is 11.7. The van der Waals surface area contributed by atoms with Crippen LogP contribution < -0.4 is 0 Å². The van der Waals surface area contributed by atoms with Crippen LogP contribution in [-0.2, 0) is 9.59 Å². The van der Waals surface area contributed by atoms with Crippen LogP contribution in [0.3, 0.4) is 0 Å². The number of carbonyl (C=O) groups is 2. The second-order valence-electron chi connectivity index (χ2n) is 3.94. The van der Waals surface area contributed by atoms with Crippen LogP contribution in [0, 0.1) is 5.92 Å². The largest absolute Gasteiger partial charge is 0.481 e. The molecule has 16 heavy (non-hydrogen) atoms. The van der Waals surface area contributed by atoms with Crippen LogP contribution in [0.5, 0.6) is 0 Å². The van der Waals surface area contributed by atoms with Crippen LogP contribution in [0.15, 0.2) is 0 Å². The molecule has 0 bridgehead atoms. The Kier molecular flexibility index (Phi) is 5.66. The van der Waals surface area contributed by atoms with Gasteiger partial charge in [-0.05, 0) is 18.6 Å². The number of likely N-dealkylation sites (tertiary alicyclic amines) is 1. The van der Waals surface area contributed by atoms with Gasteiger partial charge in [0.05, 0.1) is 5.92 Å². The molecule has 0 spiro atoms. The molecule has 0 radical (unpaired) electrons. The Balaban J connectivity index is 2.25. The highest BCUT2D eigenvalue weighted by molar-refractivity contribution is 7.99. The Labute approximate surface area is 100 Å². The monoisotopic (exact) mass is 245 g/mol. The predicted molar refractivity (Wildman–Crippen MR) is 64.6 cm³/mol. The minimum Gasteiger partial charge on any atom is -0.481 e. The normalized spacial score (nSPS) is 17.4. The van der Waals surface area contributed by atoms with Gasteiger partial charge in [0.15, 0.2) is 0 Å². The fourth-order valence-corrected chi connectivity index (χ4v) is 2.45. The molecule has 1 rings (SSSR count). The van der Waals surface area contributed by atoms with Crippen molar-refractivity contribution >= 4 is 23.6 Å². The average molecular weight is 245 g/mol. The molecule has 1 saturated heterocycles. The number of rotatable bonds is 5. The van der Waals surface area contributed by atoms with Crippen LogP contribution in [0.4, 0.5) is 0 Å². The highest BCUT2D eigenvalue weighted by atomic mass is 32.2. The van der Waals surface area contributed by atoms with E-state index in [9.17, 15) is 9.59 Å². The Bertz CT molecular complexity index is 250. The fraction of sp³-hybridized carbons (Fsp3) is 0.818. The zero-order valence-corrected chi connectivity index (χ0v) is 10.5. The van der Waals surface area contributed by atoms with Crippen molar-refractivity contribution in [2.75, 3.05) is 24.6 Å². The number of carboxylic acids is 1. The summed E-state index contributed by atoms with van der Waals surface area (Å²) < 4.78 is 0. The number of hydrogen-bond donors (Lipinski definition) is 1. The summed E-state index contributed by atoms with van der Waals surface area (Å²) >= 11 is 1.76. The van der Waals surface area contributed by atoms with E-state index in [1.165, 1.54) is 0 Å². The third-order valence-corrected chi connectivity index (χ3v) is 3.76. The molecule has 1 heterocycles. The standard InChI is InChI=1S/C11H19NO3S/c1-2-16-8-5-10(13)12-6-3-9(4-7-12)11(14)15/h9H,2-8H2,1H3,(H,14,15). The molecule has 1 aliphatic rings. The molecule has 0 unspecified atom stereocenters.